The minimum atomic E-state index is -1.50. The molecule has 0 fully saturated rings. The number of aliphatic carboxylic acids is 1. The summed E-state index contributed by atoms with van der Waals surface area (Å²) in [5.74, 6) is -1.58. The van der Waals surface area contributed by atoms with Gasteiger partial charge in [0.2, 0.25) is 11.0 Å². The van der Waals surface area contributed by atoms with Gasteiger partial charge in [0.25, 0.3) is 0 Å². The summed E-state index contributed by atoms with van der Waals surface area (Å²) in [5, 5.41) is 12.4. The number of rotatable bonds is 10. The summed E-state index contributed by atoms with van der Waals surface area (Å²) < 4.78 is 0. The van der Waals surface area contributed by atoms with Crippen molar-refractivity contribution in [3.05, 3.63) is 71.8 Å². The number of hydrogen-bond donors (Lipinski definition) is 2. The average Bonchev–Trinajstić information content (AvgIpc) is 2.76. The van der Waals surface area contributed by atoms with Crippen LogP contribution in [-0.2, 0) is 9.59 Å². The van der Waals surface area contributed by atoms with Crippen LogP contribution in [0.25, 0.3) is 0 Å². The fourth-order valence-electron chi connectivity index (χ4n) is 2.91. The van der Waals surface area contributed by atoms with E-state index in [9.17, 15) is 19.5 Å². The molecule has 1 unspecified atom stereocenters. The van der Waals surface area contributed by atoms with E-state index in [-0.39, 0.29) is 27.9 Å². The van der Waals surface area contributed by atoms with E-state index in [2.05, 4.69) is 5.32 Å². The summed E-state index contributed by atoms with van der Waals surface area (Å²) in [6.07, 6.45) is 0. The number of hydrogen-bond acceptors (Lipinski definition) is 5. The third kappa shape index (κ3) is 7.14. The lowest BCUT2D eigenvalue weighted by Crippen LogP contribution is -2.52. The van der Waals surface area contributed by atoms with Crippen molar-refractivity contribution in [2.24, 2.45) is 11.8 Å². The summed E-state index contributed by atoms with van der Waals surface area (Å²) in [6.45, 7) is 7.28. The summed E-state index contributed by atoms with van der Waals surface area (Å²) in [7, 11) is 0. The standard InChI is InChI=1S/C24H29NO4S2/c1-16(2)20(18-11-7-5-8-12-18)31-24(4,23(28)29)25-21(26)17(3)15-30-22(27)19-13-9-6-10-14-19/h5-14,16-17,20H,15H2,1-4H3,(H,25,26)(H,28,29)/t17-,20?,24-/m1/s1. The summed E-state index contributed by atoms with van der Waals surface area (Å²) in [4.78, 5) is 35.7. The Hall–Kier alpha value is -2.25. The van der Waals surface area contributed by atoms with E-state index < -0.39 is 16.8 Å². The molecule has 3 atom stereocenters. The summed E-state index contributed by atoms with van der Waals surface area (Å²) in [5.41, 5.74) is 1.59. The number of nitrogens with one attached hydrogen (secondary N) is 1. The van der Waals surface area contributed by atoms with Crippen molar-refractivity contribution >= 4 is 40.5 Å². The van der Waals surface area contributed by atoms with Crippen molar-refractivity contribution in [3.8, 4) is 0 Å². The molecule has 0 spiro atoms. The fraction of sp³-hybridized carbons (Fsp3) is 0.375. The van der Waals surface area contributed by atoms with Gasteiger partial charge in [-0.2, -0.15) is 0 Å². The molecule has 2 rings (SSSR count). The second-order valence-corrected chi connectivity index (χ2v) is 10.4. The van der Waals surface area contributed by atoms with Crippen LogP contribution < -0.4 is 5.32 Å². The Morgan fingerprint density at radius 2 is 1.52 bits per heavy atom. The quantitative estimate of drug-likeness (QED) is 0.473. The summed E-state index contributed by atoms with van der Waals surface area (Å²) in [6, 6.07) is 18.6. The average molecular weight is 460 g/mol. The lowest BCUT2D eigenvalue weighted by molar-refractivity contribution is -0.143. The Morgan fingerprint density at radius 1 is 0.968 bits per heavy atom. The Bertz CT molecular complexity index is 889. The van der Waals surface area contributed by atoms with E-state index in [4.69, 9.17) is 0 Å². The molecule has 31 heavy (non-hydrogen) atoms. The van der Waals surface area contributed by atoms with E-state index in [1.807, 2.05) is 50.2 Å². The van der Waals surface area contributed by atoms with Gasteiger partial charge in [-0.25, -0.2) is 4.79 Å². The molecule has 0 heterocycles. The third-order valence-corrected chi connectivity index (χ3v) is 7.77. The highest BCUT2D eigenvalue weighted by atomic mass is 32.2. The Morgan fingerprint density at radius 3 is 2.03 bits per heavy atom. The molecule has 2 N–H and O–H groups in total. The van der Waals surface area contributed by atoms with Crippen LogP contribution in [-0.4, -0.2) is 32.7 Å². The zero-order chi connectivity index (χ0) is 23.0. The van der Waals surface area contributed by atoms with Gasteiger partial charge in [0.1, 0.15) is 0 Å². The monoisotopic (exact) mass is 459 g/mol. The maximum atomic E-state index is 12.8. The molecular formula is C24H29NO4S2. The number of carboxylic acids is 1. The largest absolute Gasteiger partial charge is 0.479 e. The normalized spacial score (nSPS) is 15.0. The fourth-order valence-corrected chi connectivity index (χ4v) is 5.10. The SMILES string of the molecule is CC(C)C(S[C@@](C)(NC(=O)[C@H](C)CSC(=O)c1ccccc1)C(=O)O)c1ccccc1. The van der Waals surface area contributed by atoms with Crippen LogP contribution in [0.1, 0.15) is 48.9 Å². The first-order chi connectivity index (χ1) is 14.6. The van der Waals surface area contributed by atoms with E-state index in [1.165, 1.54) is 18.7 Å². The van der Waals surface area contributed by atoms with Crippen LogP contribution in [0.2, 0.25) is 0 Å². The number of benzene rings is 2. The van der Waals surface area contributed by atoms with Crippen LogP contribution >= 0.6 is 23.5 Å². The third-order valence-electron chi connectivity index (χ3n) is 4.79. The lowest BCUT2D eigenvalue weighted by atomic mass is 10.0. The molecule has 0 saturated heterocycles. The maximum Gasteiger partial charge on any atom is 0.339 e. The molecule has 1 amide bonds. The second kappa shape index (κ2) is 11.4. The van der Waals surface area contributed by atoms with Crippen molar-refractivity contribution in [3.63, 3.8) is 0 Å². The van der Waals surface area contributed by atoms with Crippen molar-refractivity contribution in [1.29, 1.82) is 0 Å². The lowest BCUT2D eigenvalue weighted by Gasteiger charge is -2.33. The van der Waals surface area contributed by atoms with E-state index >= 15 is 0 Å². The van der Waals surface area contributed by atoms with Crippen LogP contribution in [0, 0.1) is 11.8 Å². The zero-order valence-electron chi connectivity index (χ0n) is 18.2. The van der Waals surface area contributed by atoms with E-state index in [0.29, 0.717) is 5.56 Å². The molecule has 0 bridgehead atoms. The highest BCUT2D eigenvalue weighted by Gasteiger charge is 2.40. The molecule has 0 aliphatic carbocycles. The summed E-state index contributed by atoms with van der Waals surface area (Å²) >= 11 is 2.29. The van der Waals surface area contributed by atoms with Gasteiger partial charge in [-0.05, 0) is 18.4 Å². The first-order valence-corrected chi connectivity index (χ1v) is 12.0. The molecule has 166 valence electrons. The van der Waals surface area contributed by atoms with Crippen LogP contribution in [0.15, 0.2) is 60.7 Å². The highest BCUT2D eigenvalue weighted by molar-refractivity contribution is 8.14. The Balaban J connectivity index is 2.05. The van der Waals surface area contributed by atoms with Gasteiger partial charge in [0.05, 0.1) is 0 Å². The van der Waals surface area contributed by atoms with Crippen LogP contribution in [0.5, 0.6) is 0 Å². The number of carbonyl (C=O) groups excluding carboxylic acids is 2. The van der Waals surface area contributed by atoms with E-state index in [1.54, 1.807) is 31.2 Å². The van der Waals surface area contributed by atoms with Crippen molar-refractivity contribution in [2.45, 2.75) is 37.8 Å². The van der Waals surface area contributed by atoms with Gasteiger partial charge >= 0.3 is 5.97 Å². The predicted molar refractivity (Wildman–Crippen MR) is 128 cm³/mol. The molecular weight excluding hydrogens is 430 g/mol. The highest BCUT2D eigenvalue weighted by Crippen LogP contribution is 2.42. The molecule has 2 aromatic rings. The zero-order valence-corrected chi connectivity index (χ0v) is 19.8. The first-order valence-electron chi connectivity index (χ1n) is 10.1. The van der Waals surface area contributed by atoms with Crippen LogP contribution in [0.4, 0.5) is 0 Å². The van der Waals surface area contributed by atoms with Crippen molar-refractivity contribution in [2.75, 3.05) is 5.75 Å². The molecule has 2 aromatic carbocycles. The topological polar surface area (TPSA) is 83.5 Å². The van der Waals surface area contributed by atoms with Gasteiger partial charge < -0.3 is 10.4 Å². The van der Waals surface area contributed by atoms with Gasteiger partial charge in [-0.1, -0.05) is 93.2 Å². The van der Waals surface area contributed by atoms with Gasteiger partial charge in [0, 0.05) is 22.5 Å². The smallest absolute Gasteiger partial charge is 0.339 e. The molecule has 0 aliphatic rings. The number of carboxylic acid groups (broad SMARTS) is 1. The predicted octanol–water partition coefficient (Wildman–Crippen LogP) is 5.24. The van der Waals surface area contributed by atoms with E-state index in [0.717, 1.165) is 17.3 Å². The van der Waals surface area contributed by atoms with Crippen LogP contribution in [0.3, 0.4) is 0 Å². The maximum absolute atomic E-state index is 12.8. The van der Waals surface area contributed by atoms with Gasteiger partial charge in [-0.3, -0.25) is 9.59 Å². The minimum Gasteiger partial charge on any atom is -0.479 e. The van der Waals surface area contributed by atoms with Crippen molar-refractivity contribution in [1.82, 2.24) is 5.32 Å². The minimum absolute atomic E-state index is 0.105. The number of carbonyl (C=O) groups is 3. The Labute approximate surface area is 192 Å². The molecule has 5 nitrogen and oxygen atoms in total. The molecule has 0 aromatic heterocycles. The van der Waals surface area contributed by atoms with Crippen molar-refractivity contribution < 1.29 is 19.5 Å². The second-order valence-electron chi connectivity index (χ2n) is 7.89. The first kappa shape index (κ1) is 25.0. The van der Waals surface area contributed by atoms with Gasteiger partial charge in [-0.15, -0.1) is 11.8 Å². The Kier molecular flexibility index (Phi) is 9.19. The number of amides is 1. The molecule has 0 saturated carbocycles. The number of thioether (sulfide) groups is 2. The molecule has 0 aliphatic heterocycles. The molecule has 0 radical (unpaired) electrons. The van der Waals surface area contributed by atoms with Gasteiger partial charge in [0.15, 0.2) is 4.87 Å². The molecule has 7 heteroatoms.